The van der Waals surface area contributed by atoms with E-state index >= 15 is 4.57 Å². The van der Waals surface area contributed by atoms with Gasteiger partial charge in [0.2, 0.25) is 0 Å². The normalized spacial score (nSPS) is 29.8. The standard InChI is InChI=1S/C35H38F6N11O17P/c1-60-7-13-21(18(48-30(55)34(36,37)38)27(65-13)50-5-3-16(53)46-32(50)57)68-70(59,64-9-15-23-24(63-12-62-23)29(67-15)52-11-45-20-25(42)43-10-44-26(20)52)69-22-14(8-61-2)66-28(19(22)49-31(56)35(39,40)41)51-6-4-17(54)47-33(51)58/h3-6,10-11,13-15,18-19,21-24,27-29H,7-9,12H2,1-2H3,(H,48,55)(H,49,56)(H2,42,43,44)(H,46,53,57)(H,47,54,58)/t13-,14-,15-,18-,19-,21-,22-,23-,24-,27-,28-,29-/m1/s1. The third kappa shape index (κ3) is 10.1. The maximum Gasteiger partial charge on any atom is 0.475 e. The molecule has 4 saturated heterocycles. The molecule has 70 heavy (non-hydrogen) atoms. The first-order valence-electron chi connectivity index (χ1n) is 20.2. The summed E-state index contributed by atoms with van der Waals surface area (Å²) in [6.07, 6.45) is -24.0. The average Bonchev–Trinajstić information content (AvgIpc) is 4.12. The Labute approximate surface area is 384 Å². The van der Waals surface area contributed by atoms with Crippen molar-refractivity contribution in [2.75, 3.05) is 46.6 Å². The molecule has 4 aliphatic rings. The number of hydrogen-bond donors (Lipinski definition) is 5. The van der Waals surface area contributed by atoms with Crippen LogP contribution >= 0.6 is 7.82 Å². The Kier molecular flexibility index (Phi) is 14.2. The average molecular weight is 1030 g/mol. The summed E-state index contributed by atoms with van der Waals surface area (Å²) in [6, 6.07) is -2.97. The molecule has 4 aliphatic heterocycles. The van der Waals surface area contributed by atoms with Crippen LogP contribution in [0.25, 0.3) is 11.2 Å². The number of phosphoric acid groups is 1. The molecule has 0 saturated carbocycles. The molecule has 8 rings (SSSR count). The Bertz CT molecular complexity index is 2750. The minimum Gasteiger partial charge on any atom is -0.382 e. The number of carbonyl (C=O) groups excluding carboxylic acids is 2. The number of nitrogens with one attached hydrogen (secondary N) is 4. The van der Waals surface area contributed by atoms with Crippen LogP contribution in [0.15, 0.2) is 56.4 Å². The smallest absolute Gasteiger partial charge is 0.382 e. The van der Waals surface area contributed by atoms with Gasteiger partial charge in [0.25, 0.3) is 11.1 Å². The number of imidazole rings is 1. The molecule has 12 atom stereocenters. The van der Waals surface area contributed by atoms with Crippen LogP contribution in [-0.4, -0.2) is 158 Å². The van der Waals surface area contributed by atoms with E-state index in [1.165, 1.54) is 10.9 Å². The summed E-state index contributed by atoms with van der Waals surface area (Å²) in [6.45, 7) is -2.67. The molecule has 0 bridgehead atoms. The van der Waals surface area contributed by atoms with E-state index in [0.717, 1.165) is 45.1 Å². The summed E-state index contributed by atoms with van der Waals surface area (Å²) in [5, 5.41) is 3.23. The molecule has 0 aliphatic carbocycles. The lowest BCUT2D eigenvalue weighted by Crippen LogP contribution is -2.53. The molecule has 2 amide bonds. The lowest BCUT2D eigenvalue weighted by Gasteiger charge is -2.32. The van der Waals surface area contributed by atoms with E-state index in [0.29, 0.717) is 9.13 Å². The number of nitrogens with zero attached hydrogens (tertiary/aromatic N) is 6. The van der Waals surface area contributed by atoms with E-state index in [-0.39, 0.29) is 23.8 Å². The van der Waals surface area contributed by atoms with Gasteiger partial charge in [0.1, 0.15) is 73.4 Å². The van der Waals surface area contributed by atoms with Crippen molar-refractivity contribution >= 4 is 36.6 Å². The number of phosphoric ester groups is 1. The highest BCUT2D eigenvalue weighted by Crippen LogP contribution is 2.57. The molecule has 4 aromatic rings. The molecule has 4 fully saturated rings. The van der Waals surface area contributed by atoms with E-state index in [1.807, 2.05) is 9.97 Å². The van der Waals surface area contributed by atoms with E-state index in [1.54, 1.807) is 10.6 Å². The Morgan fingerprint density at radius 2 is 1.24 bits per heavy atom. The molecule has 0 unspecified atom stereocenters. The number of fused-ring (bicyclic) bond motifs is 2. The summed E-state index contributed by atoms with van der Waals surface area (Å²) in [5.74, 6) is -5.32. The van der Waals surface area contributed by atoms with Crippen LogP contribution < -0.4 is 38.9 Å². The molecule has 28 nitrogen and oxygen atoms in total. The van der Waals surface area contributed by atoms with Crippen molar-refractivity contribution in [3.63, 3.8) is 0 Å². The van der Waals surface area contributed by atoms with Crippen LogP contribution in [-0.2, 0) is 60.9 Å². The molecule has 8 heterocycles. The fourth-order valence-corrected chi connectivity index (χ4v) is 9.72. The minimum absolute atomic E-state index is 0.00266. The second-order valence-corrected chi connectivity index (χ2v) is 17.1. The number of nitrogen functional groups attached to an aromatic ring is 1. The first-order chi connectivity index (χ1) is 33.1. The van der Waals surface area contributed by atoms with Crippen molar-refractivity contribution in [3.8, 4) is 0 Å². The molecule has 0 aromatic carbocycles. The summed E-state index contributed by atoms with van der Waals surface area (Å²) in [5.41, 5.74) is 1.79. The number of carbonyl (C=O) groups is 2. The number of halogens is 6. The monoisotopic (exact) mass is 1030 g/mol. The van der Waals surface area contributed by atoms with Crippen molar-refractivity contribution in [3.05, 3.63) is 78.9 Å². The van der Waals surface area contributed by atoms with Crippen molar-refractivity contribution in [2.24, 2.45) is 0 Å². The molecule has 382 valence electrons. The number of ether oxygens (including phenoxy) is 7. The molecule has 4 aromatic heterocycles. The van der Waals surface area contributed by atoms with Gasteiger partial charge in [-0.05, 0) is 0 Å². The van der Waals surface area contributed by atoms with E-state index in [4.69, 9.17) is 52.5 Å². The Balaban J connectivity index is 1.21. The predicted octanol–water partition coefficient (Wildman–Crippen LogP) is -1.78. The fraction of sp³-hybridized carbons (Fsp3) is 0.571. The number of alkyl halides is 6. The van der Waals surface area contributed by atoms with Gasteiger partial charge in [0.05, 0.1) is 26.1 Å². The third-order valence-corrected chi connectivity index (χ3v) is 12.5. The molecule has 0 radical (unpaired) electrons. The van der Waals surface area contributed by atoms with Gasteiger partial charge >= 0.3 is 43.4 Å². The zero-order valence-electron chi connectivity index (χ0n) is 35.6. The lowest BCUT2D eigenvalue weighted by atomic mass is 10.1. The van der Waals surface area contributed by atoms with Gasteiger partial charge in [-0.3, -0.25) is 56.4 Å². The van der Waals surface area contributed by atoms with Gasteiger partial charge in [0, 0.05) is 38.7 Å². The lowest BCUT2D eigenvalue weighted by molar-refractivity contribution is -0.175. The Morgan fingerprint density at radius 3 is 1.73 bits per heavy atom. The first-order valence-corrected chi connectivity index (χ1v) is 21.7. The fourth-order valence-electron chi connectivity index (χ4n) is 8.09. The number of aromatic amines is 2. The van der Waals surface area contributed by atoms with Crippen molar-refractivity contribution in [1.82, 2.24) is 49.3 Å². The van der Waals surface area contributed by atoms with E-state index in [9.17, 15) is 55.1 Å². The second kappa shape index (κ2) is 19.7. The number of hydrogen-bond acceptors (Lipinski definition) is 21. The number of rotatable bonds is 16. The Morgan fingerprint density at radius 1 is 0.743 bits per heavy atom. The maximum absolute atomic E-state index is 15.6. The molecule has 0 spiro atoms. The Hall–Kier alpha value is -5.94. The van der Waals surface area contributed by atoms with E-state index < -0.39 is 148 Å². The molecular weight excluding hydrogens is 991 g/mol. The van der Waals surface area contributed by atoms with Crippen molar-refractivity contribution < 1.29 is 87.2 Å². The van der Waals surface area contributed by atoms with E-state index in [2.05, 4.69) is 15.0 Å². The van der Waals surface area contributed by atoms with Crippen LogP contribution in [0.3, 0.4) is 0 Å². The molecular formula is C35H38F6N11O17P. The highest BCUT2D eigenvalue weighted by molar-refractivity contribution is 7.48. The van der Waals surface area contributed by atoms with Gasteiger partial charge in [0.15, 0.2) is 30.1 Å². The number of aromatic nitrogens is 8. The summed E-state index contributed by atoms with van der Waals surface area (Å²) >= 11 is 0. The maximum atomic E-state index is 15.6. The second-order valence-electron chi connectivity index (χ2n) is 15.5. The summed E-state index contributed by atoms with van der Waals surface area (Å²) in [4.78, 5) is 91.4. The summed E-state index contributed by atoms with van der Waals surface area (Å²) < 4.78 is 160. The van der Waals surface area contributed by atoms with Gasteiger partial charge in [-0.1, -0.05) is 0 Å². The van der Waals surface area contributed by atoms with Crippen LogP contribution in [0.4, 0.5) is 32.2 Å². The highest BCUT2D eigenvalue weighted by Gasteiger charge is 2.58. The zero-order valence-corrected chi connectivity index (χ0v) is 36.5. The minimum atomic E-state index is -5.83. The first kappa shape index (κ1) is 50.4. The number of anilines is 1. The van der Waals surface area contributed by atoms with Crippen LogP contribution in [0, 0.1) is 0 Å². The SMILES string of the molecule is COC[C@H]1O[C@@H](n2ccc(=O)[nH]c2=O)[C@H](NC(=O)C(F)(F)F)[C@@H]1OP(=O)(OC[C@H]1O[C@@H](n2cnc3c(N)ncnc32)[C@@H]2OCO[C@@H]21)O[C@H]1[C@@H](NC(=O)C(F)(F)F)[C@H](n2ccc(=O)[nH]c2=O)O[C@@H]1COC. The zero-order chi connectivity index (χ0) is 50.4. The highest BCUT2D eigenvalue weighted by atomic mass is 31.2. The number of H-pyrrole nitrogens is 2. The topological polar surface area (TPSA) is 347 Å². The quantitative estimate of drug-likeness (QED) is 0.0612. The van der Waals surface area contributed by atoms with Crippen molar-refractivity contribution in [1.29, 1.82) is 0 Å². The number of nitrogens with two attached hydrogens (primary N) is 1. The van der Waals surface area contributed by atoms with Gasteiger partial charge < -0.3 is 49.5 Å². The van der Waals surface area contributed by atoms with Crippen LogP contribution in [0.2, 0.25) is 0 Å². The number of amides is 2. The molecule has 6 N–H and O–H groups in total. The third-order valence-electron chi connectivity index (χ3n) is 11.1. The van der Waals surface area contributed by atoms with Crippen LogP contribution in [0.5, 0.6) is 0 Å². The van der Waals surface area contributed by atoms with Gasteiger partial charge in [-0.15, -0.1) is 0 Å². The van der Waals surface area contributed by atoms with Crippen molar-refractivity contribution in [2.45, 2.75) is 85.8 Å². The molecule has 35 heteroatoms. The van der Waals surface area contributed by atoms with Gasteiger partial charge in [-0.2, -0.15) is 26.3 Å². The predicted molar refractivity (Wildman–Crippen MR) is 212 cm³/mol. The summed E-state index contributed by atoms with van der Waals surface area (Å²) in [7, 11) is -3.68. The van der Waals surface area contributed by atoms with Crippen LogP contribution in [0.1, 0.15) is 18.7 Å². The largest absolute Gasteiger partial charge is 0.475 e. The number of methoxy groups -OCH3 is 2. The van der Waals surface area contributed by atoms with Gasteiger partial charge in [-0.25, -0.2) is 29.1 Å².